The zero-order valence-electron chi connectivity index (χ0n) is 19.1. The molecule has 32 heavy (non-hydrogen) atoms. The van der Waals surface area contributed by atoms with E-state index in [-0.39, 0.29) is 37.0 Å². The zero-order chi connectivity index (χ0) is 23.1. The molecule has 2 fully saturated rings. The highest BCUT2D eigenvalue weighted by Crippen LogP contribution is 2.39. The zero-order valence-corrected chi connectivity index (χ0v) is 19.1. The number of alkyl halides is 1. The molecule has 3 rings (SSSR count). The molecule has 180 valence electrons. The molecule has 1 aliphatic heterocycles. The number of carbonyl (C=O) groups excluding carboxylic acids is 1. The average Bonchev–Trinajstić information content (AvgIpc) is 3.51. The molecule has 2 aliphatic rings. The van der Waals surface area contributed by atoms with E-state index in [2.05, 4.69) is 15.3 Å². The minimum absolute atomic E-state index is 0.0814. The monoisotopic (exact) mass is 454 g/mol. The third-order valence-electron chi connectivity index (χ3n) is 6.01. The van der Waals surface area contributed by atoms with Gasteiger partial charge in [0.15, 0.2) is 11.5 Å². The number of hydrogen-bond donors (Lipinski definition) is 2. The predicted octanol–water partition coefficient (Wildman–Crippen LogP) is 1.45. The van der Waals surface area contributed by atoms with Gasteiger partial charge in [-0.3, -0.25) is 9.18 Å². The van der Waals surface area contributed by atoms with Crippen LogP contribution >= 0.6 is 0 Å². The summed E-state index contributed by atoms with van der Waals surface area (Å²) in [4.78, 5) is 23.6. The molecule has 0 unspecified atom stereocenters. The number of halogens is 1. The van der Waals surface area contributed by atoms with E-state index in [0.717, 1.165) is 6.42 Å². The summed E-state index contributed by atoms with van der Waals surface area (Å²) in [7, 11) is 1.67. The Bertz CT molecular complexity index is 747. The minimum atomic E-state index is -0.398. The third-order valence-corrected chi connectivity index (χ3v) is 6.01. The molecule has 2 heterocycles. The Hall–Kier alpha value is -2.04. The maximum atomic E-state index is 12.7. The van der Waals surface area contributed by atoms with Crippen LogP contribution < -0.4 is 15.0 Å². The second kappa shape index (κ2) is 11.7. The van der Waals surface area contributed by atoms with Gasteiger partial charge in [0.25, 0.3) is 11.8 Å². The second-order valence-corrected chi connectivity index (χ2v) is 8.84. The molecule has 1 amide bonds. The summed E-state index contributed by atoms with van der Waals surface area (Å²) in [6.45, 7) is 6.20. The van der Waals surface area contributed by atoms with Gasteiger partial charge in [0.2, 0.25) is 0 Å². The Morgan fingerprint density at radius 2 is 2.09 bits per heavy atom. The third kappa shape index (κ3) is 6.49. The molecule has 0 spiro atoms. The average molecular weight is 455 g/mol. The summed E-state index contributed by atoms with van der Waals surface area (Å²) in [5, 5.41) is 12.3. The van der Waals surface area contributed by atoms with Crippen molar-refractivity contribution < 1.29 is 28.5 Å². The molecule has 0 bridgehead atoms. The Morgan fingerprint density at radius 1 is 1.34 bits per heavy atom. The Kier molecular flexibility index (Phi) is 9.01. The second-order valence-electron chi connectivity index (χ2n) is 8.84. The summed E-state index contributed by atoms with van der Waals surface area (Å²) < 4.78 is 29.0. The summed E-state index contributed by atoms with van der Waals surface area (Å²) >= 11 is 0. The van der Waals surface area contributed by atoms with Gasteiger partial charge in [0, 0.05) is 33.4 Å². The standard InChI is InChI=1S/C22H35FN4O5/c1-14(2)19(11-28)25-21(29)18-8-24-20(27-9-17(10-27)30-3)22(26-18)32-13-16-7-15(16)12-31-6-4-5-23/h8,14-17,19,28H,4-7,9-13H2,1-3H3,(H,25,29)/t15-,16+,19-/m1/s1. The Balaban J connectivity index is 1.62. The largest absolute Gasteiger partial charge is 0.475 e. The first-order chi connectivity index (χ1) is 15.5. The number of aliphatic hydroxyl groups is 1. The maximum Gasteiger partial charge on any atom is 0.271 e. The first-order valence-corrected chi connectivity index (χ1v) is 11.3. The van der Waals surface area contributed by atoms with Gasteiger partial charge in [-0.25, -0.2) is 9.97 Å². The van der Waals surface area contributed by atoms with E-state index in [1.54, 1.807) is 7.11 Å². The quantitative estimate of drug-likeness (QED) is 0.407. The van der Waals surface area contributed by atoms with E-state index in [1.165, 1.54) is 6.20 Å². The molecule has 1 aromatic rings. The molecular weight excluding hydrogens is 419 g/mol. The van der Waals surface area contributed by atoms with E-state index in [1.807, 2.05) is 18.7 Å². The van der Waals surface area contributed by atoms with Crippen LogP contribution in [0.1, 0.15) is 37.2 Å². The minimum Gasteiger partial charge on any atom is -0.475 e. The van der Waals surface area contributed by atoms with Crippen molar-refractivity contribution in [3.63, 3.8) is 0 Å². The van der Waals surface area contributed by atoms with Crippen molar-refractivity contribution in [1.29, 1.82) is 0 Å². The van der Waals surface area contributed by atoms with Crippen molar-refractivity contribution in [3.8, 4) is 5.88 Å². The van der Waals surface area contributed by atoms with Gasteiger partial charge in [0.05, 0.1) is 38.2 Å². The van der Waals surface area contributed by atoms with Crippen molar-refractivity contribution >= 4 is 11.7 Å². The van der Waals surface area contributed by atoms with E-state index in [9.17, 15) is 14.3 Å². The smallest absolute Gasteiger partial charge is 0.271 e. The van der Waals surface area contributed by atoms with Gasteiger partial charge < -0.3 is 29.5 Å². The number of aromatic nitrogens is 2. The van der Waals surface area contributed by atoms with Gasteiger partial charge >= 0.3 is 0 Å². The van der Waals surface area contributed by atoms with Gasteiger partial charge in [-0.1, -0.05) is 13.8 Å². The number of nitrogens with one attached hydrogen (secondary N) is 1. The molecule has 3 atom stereocenters. The van der Waals surface area contributed by atoms with Crippen LogP contribution in [-0.2, 0) is 9.47 Å². The lowest BCUT2D eigenvalue weighted by atomic mass is 10.1. The van der Waals surface area contributed by atoms with Crippen LogP contribution in [0.15, 0.2) is 6.20 Å². The number of aliphatic hydroxyl groups excluding tert-OH is 1. The molecule has 0 radical (unpaired) electrons. The molecule has 0 aromatic carbocycles. The highest BCUT2D eigenvalue weighted by Gasteiger charge is 2.38. The number of carbonyl (C=O) groups is 1. The van der Waals surface area contributed by atoms with Crippen molar-refractivity contribution in [2.45, 2.75) is 38.8 Å². The van der Waals surface area contributed by atoms with Crippen LogP contribution in [0.2, 0.25) is 0 Å². The van der Waals surface area contributed by atoms with E-state index in [0.29, 0.717) is 62.9 Å². The summed E-state index contributed by atoms with van der Waals surface area (Å²) in [6.07, 6.45) is 2.98. The lowest BCUT2D eigenvalue weighted by molar-refractivity contribution is 0.0776. The number of methoxy groups -OCH3 is 1. The summed E-state index contributed by atoms with van der Waals surface area (Å²) in [6, 6.07) is -0.365. The van der Waals surface area contributed by atoms with Crippen molar-refractivity contribution in [3.05, 3.63) is 11.9 Å². The fourth-order valence-corrected chi connectivity index (χ4v) is 3.51. The number of nitrogens with zero attached hydrogens (tertiary/aromatic N) is 3. The van der Waals surface area contributed by atoms with Crippen LogP contribution in [0.5, 0.6) is 5.88 Å². The maximum absolute atomic E-state index is 12.7. The molecular formula is C22H35FN4O5. The van der Waals surface area contributed by atoms with Gasteiger partial charge in [-0.05, 0) is 30.6 Å². The number of anilines is 1. The molecule has 10 heteroatoms. The van der Waals surface area contributed by atoms with Crippen LogP contribution in [0, 0.1) is 17.8 Å². The van der Waals surface area contributed by atoms with Crippen molar-refractivity contribution in [2.24, 2.45) is 17.8 Å². The molecule has 9 nitrogen and oxygen atoms in total. The van der Waals surface area contributed by atoms with E-state index >= 15 is 0 Å². The van der Waals surface area contributed by atoms with Gasteiger partial charge in [0.1, 0.15) is 0 Å². The Labute approximate surface area is 188 Å². The fraction of sp³-hybridized carbons (Fsp3) is 0.773. The van der Waals surface area contributed by atoms with Gasteiger partial charge in [-0.15, -0.1) is 0 Å². The van der Waals surface area contributed by atoms with Crippen LogP contribution in [-0.4, -0.2) is 86.4 Å². The van der Waals surface area contributed by atoms with E-state index < -0.39 is 5.91 Å². The number of ether oxygens (including phenoxy) is 3. The Morgan fingerprint density at radius 3 is 2.75 bits per heavy atom. The lowest BCUT2D eigenvalue weighted by Gasteiger charge is -2.39. The first-order valence-electron chi connectivity index (χ1n) is 11.3. The fourth-order valence-electron chi connectivity index (χ4n) is 3.51. The normalized spacial score (nSPS) is 21.4. The van der Waals surface area contributed by atoms with Gasteiger partial charge in [-0.2, -0.15) is 0 Å². The van der Waals surface area contributed by atoms with Crippen LogP contribution in [0.4, 0.5) is 10.2 Å². The molecule has 1 saturated carbocycles. The number of amides is 1. The lowest BCUT2D eigenvalue weighted by Crippen LogP contribution is -2.52. The first kappa shape index (κ1) is 24.6. The molecule has 2 N–H and O–H groups in total. The highest BCUT2D eigenvalue weighted by molar-refractivity contribution is 5.92. The highest BCUT2D eigenvalue weighted by atomic mass is 19.1. The topological polar surface area (TPSA) is 106 Å². The summed E-state index contributed by atoms with van der Waals surface area (Å²) in [5.74, 6) is 1.34. The SMILES string of the molecule is COC1CN(c2ncc(C(=O)N[C@H](CO)C(C)C)nc2OC[C@@H]2C[C@@H]2COCCCF)C1. The number of rotatable bonds is 14. The van der Waals surface area contributed by atoms with Crippen molar-refractivity contribution in [1.82, 2.24) is 15.3 Å². The summed E-state index contributed by atoms with van der Waals surface area (Å²) in [5.41, 5.74) is 0.147. The molecule has 1 aromatic heterocycles. The van der Waals surface area contributed by atoms with E-state index in [4.69, 9.17) is 14.2 Å². The van der Waals surface area contributed by atoms with Crippen LogP contribution in [0.25, 0.3) is 0 Å². The van der Waals surface area contributed by atoms with Crippen molar-refractivity contribution in [2.75, 3.05) is 58.2 Å². The number of hydrogen-bond acceptors (Lipinski definition) is 8. The predicted molar refractivity (Wildman–Crippen MR) is 117 cm³/mol. The molecule has 1 saturated heterocycles. The van der Waals surface area contributed by atoms with Crippen LogP contribution in [0.3, 0.4) is 0 Å². The molecule has 1 aliphatic carbocycles.